The zero-order valence-corrected chi connectivity index (χ0v) is 15.7. The van der Waals surface area contributed by atoms with Crippen molar-refractivity contribution in [1.29, 1.82) is 0 Å². The molecular weight excluding hydrogens is 362 g/mol. The number of anilines is 1. The van der Waals surface area contributed by atoms with Gasteiger partial charge in [-0.15, -0.1) is 0 Å². The number of amides is 1. The van der Waals surface area contributed by atoms with Gasteiger partial charge in [0, 0.05) is 12.7 Å². The molecule has 1 heterocycles. The molecule has 3 rings (SSSR count). The Labute approximate surface area is 152 Å². The first kappa shape index (κ1) is 17.9. The van der Waals surface area contributed by atoms with Crippen LogP contribution in [-0.4, -0.2) is 29.4 Å². The molecule has 1 aromatic heterocycles. The van der Waals surface area contributed by atoms with Crippen molar-refractivity contribution in [2.24, 2.45) is 7.05 Å². The number of sulfone groups is 1. The van der Waals surface area contributed by atoms with E-state index in [1.807, 2.05) is 0 Å². The fourth-order valence-corrected chi connectivity index (χ4v) is 5.38. The number of aryl methyl sites for hydroxylation is 2. The molecule has 0 bridgehead atoms. The van der Waals surface area contributed by atoms with Crippen LogP contribution >= 0.6 is 11.6 Å². The highest BCUT2D eigenvalue weighted by Gasteiger charge is 2.30. The van der Waals surface area contributed by atoms with Gasteiger partial charge < -0.3 is 5.32 Å². The van der Waals surface area contributed by atoms with E-state index in [1.165, 1.54) is 10.7 Å². The lowest BCUT2D eigenvalue weighted by Gasteiger charge is -2.12. The predicted molar refractivity (Wildman–Crippen MR) is 96.8 cm³/mol. The molecule has 25 heavy (non-hydrogen) atoms. The zero-order chi connectivity index (χ0) is 18.2. The molecule has 2 aromatic rings. The summed E-state index contributed by atoms with van der Waals surface area (Å²) in [6.07, 6.45) is 3.28. The molecule has 0 aliphatic heterocycles. The Bertz CT molecular complexity index is 915. The summed E-state index contributed by atoms with van der Waals surface area (Å²) in [7, 11) is -1.71. The first-order chi connectivity index (χ1) is 11.8. The van der Waals surface area contributed by atoms with Crippen molar-refractivity contribution >= 4 is 33.0 Å². The highest BCUT2D eigenvalue weighted by atomic mass is 35.5. The molecule has 6 nitrogen and oxygen atoms in total. The second kappa shape index (κ2) is 6.80. The number of nitrogens with zero attached hydrogens (tertiary/aromatic N) is 2. The lowest BCUT2D eigenvalue weighted by molar-refractivity contribution is 0.102. The number of hydrogen-bond donors (Lipinski definition) is 1. The van der Waals surface area contributed by atoms with Gasteiger partial charge in [-0.1, -0.05) is 30.5 Å². The van der Waals surface area contributed by atoms with E-state index < -0.39 is 15.7 Å². The molecule has 8 heteroatoms. The van der Waals surface area contributed by atoms with Gasteiger partial charge in [0.05, 0.1) is 21.4 Å². The molecule has 0 atom stereocenters. The topological polar surface area (TPSA) is 81.1 Å². The highest BCUT2D eigenvalue weighted by molar-refractivity contribution is 7.92. The van der Waals surface area contributed by atoms with E-state index in [0.717, 1.165) is 12.8 Å². The number of aromatic nitrogens is 2. The number of nitrogens with one attached hydrogen (secondary N) is 1. The predicted octanol–water partition coefficient (Wildman–Crippen LogP) is 3.35. The van der Waals surface area contributed by atoms with Crippen molar-refractivity contribution in [3.05, 3.63) is 40.7 Å². The minimum atomic E-state index is -3.37. The standard InChI is InChI=1S/C17H20ClN3O3S/c1-11-15(16(18)21(2)20-11)17(22)19-12-6-5-9-14(10-12)25(23,24)13-7-3-4-8-13/h5-6,9-10,13H,3-4,7-8H2,1-2H3,(H,19,22). The fraction of sp³-hybridized carbons (Fsp3) is 0.412. The van der Waals surface area contributed by atoms with Crippen LogP contribution in [0.2, 0.25) is 5.15 Å². The lowest BCUT2D eigenvalue weighted by Crippen LogP contribution is -2.18. The summed E-state index contributed by atoms with van der Waals surface area (Å²) in [4.78, 5) is 12.7. The van der Waals surface area contributed by atoms with Gasteiger partial charge in [0.2, 0.25) is 0 Å². The third kappa shape index (κ3) is 3.43. The Morgan fingerprint density at radius 3 is 2.60 bits per heavy atom. The molecule has 1 saturated carbocycles. The molecule has 1 aromatic carbocycles. The van der Waals surface area contributed by atoms with Gasteiger partial charge in [0.1, 0.15) is 5.15 Å². The molecular formula is C17H20ClN3O3S. The Balaban J connectivity index is 1.86. The van der Waals surface area contributed by atoms with Crippen LogP contribution in [0.5, 0.6) is 0 Å². The van der Waals surface area contributed by atoms with E-state index in [2.05, 4.69) is 10.4 Å². The maximum Gasteiger partial charge on any atom is 0.260 e. The van der Waals surface area contributed by atoms with Gasteiger partial charge >= 0.3 is 0 Å². The van der Waals surface area contributed by atoms with Crippen LogP contribution in [0, 0.1) is 6.92 Å². The van der Waals surface area contributed by atoms with Crippen LogP contribution in [0.1, 0.15) is 41.7 Å². The summed E-state index contributed by atoms with van der Waals surface area (Å²) in [5, 5.41) is 6.74. The monoisotopic (exact) mass is 381 g/mol. The average Bonchev–Trinajstić information content (AvgIpc) is 3.17. The van der Waals surface area contributed by atoms with E-state index in [1.54, 1.807) is 32.2 Å². The van der Waals surface area contributed by atoms with Crippen molar-refractivity contribution in [2.75, 3.05) is 5.32 Å². The number of rotatable bonds is 4. The van der Waals surface area contributed by atoms with Crippen molar-refractivity contribution < 1.29 is 13.2 Å². The van der Waals surface area contributed by atoms with E-state index >= 15 is 0 Å². The normalized spacial score (nSPS) is 15.5. The first-order valence-electron chi connectivity index (χ1n) is 8.15. The van der Waals surface area contributed by atoms with Gasteiger partial charge in [-0.25, -0.2) is 8.42 Å². The Morgan fingerprint density at radius 2 is 2.00 bits per heavy atom. The van der Waals surface area contributed by atoms with Crippen LogP contribution in [0.3, 0.4) is 0 Å². The Hall–Kier alpha value is -1.86. The van der Waals surface area contributed by atoms with Crippen molar-refractivity contribution in [3.63, 3.8) is 0 Å². The maximum absolute atomic E-state index is 12.7. The summed E-state index contributed by atoms with van der Waals surface area (Å²) in [6.45, 7) is 1.70. The number of halogens is 1. The number of hydrogen-bond acceptors (Lipinski definition) is 4. The highest BCUT2D eigenvalue weighted by Crippen LogP contribution is 2.30. The maximum atomic E-state index is 12.7. The molecule has 0 radical (unpaired) electrons. The fourth-order valence-electron chi connectivity index (χ4n) is 3.22. The summed E-state index contributed by atoms with van der Waals surface area (Å²) >= 11 is 6.11. The second-order valence-electron chi connectivity index (χ2n) is 6.31. The molecule has 0 spiro atoms. The van der Waals surface area contributed by atoms with Gasteiger partial charge in [0.25, 0.3) is 5.91 Å². The van der Waals surface area contributed by atoms with Crippen LogP contribution in [-0.2, 0) is 16.9 Å². The molecule has 1 aliphatic rings. The quantitative estimate of drug-likeness (QED) is 0.880. The number of carbonyl (C=O) groups excluding carboxylic acids is 1. The summed E-state index contributed by atoms with van der Waals surface area (Å²) in [6, 6.07) is 6.37. The average molecular weight is 382 g/mol. The third-order valence-corrected chi connectivity index (χ3v) is 7.23. The number of benzene rings is 1. The second-order valence-corrected chi connectivity index (χ2v) is 8.89. The lowest BCUT2D eigenvalue weighted by atomic mass is 10.2. The van der Waals surface area contributed by atoms with Gasteiger partial charge in [0.15, 0.2) is 9.84 Å². The van der Waals surface area contributed by atoms with Gasteiger partial charge in [-0.2, -0.15) is 5.10 Å². The van der Waals surface area contributed by atoms with Crippen LogP contribution in [0.25, 0.3) is 0 Å². The molecule has 0 saturated heterocycles. The summed E-state index contributed by atoms with van der Waals surface area (Å²) in [5.41, 5.74) is 1.22. The van der Waals surface area contributed by atoms with Crippen molar-refractivity contribution in [1.82, 2.24) is 9.78 Å². The molecule has 0 unspecified atom stereocenters. The van der Waals surface area contributed by atoms with Gasteiger partial charge in [-0.05, 0) is 38.0 Å². The Kier molecular flexibility index (Phi) is 4.88. The molecule has 1 aliphatic carbocycles. The van der Waals surface area contributed by atoms with E-state index in [4.69, 9.17) is 11.6 Å². The largest absolute Gasteiger partial charge is 0.322 e. The van der Waals surface area contributed by atoms with Crippen LogP contribution < -0.4 is 5.32 Å². The van der Waals surface area contributed by atoms with Gasteiger partial charge in [-0.3, -0.25) is 9.48 Å². The smallest absolute Gasteiger partial charge is 0.260 e. The molecule has 1 fully saturated rings. The zero-order valence-electron chi connectivity index (χ0n) is 14.1. The van der Waals surface area contributed by atoms with Crippen LogP contribution in [0.15, 0.2) is 29.2 Å². The third-order valence-electron chi connectivity index (χ3n) is 4.54. The number of carbonyl (C=O) groups is 1. The van der Waals surface area contributed by atoms with Crippen molar-refractivity contribution in [2.45, 2.75) is 42.8 Å². The van der Waals surface area contributed by atoms with E-state index in [0.29, 0.717) is 24.2 Å². The SMILES string of the molecule is Cc1nn(C)c(Cl)c1C(=O)Nc1cccc(S(=O)(=O)C2CCCC2)c1. The van der Waals surface area contributed by atoms with Crippen LogP contribution in [0.4, 0.5) is 5.69 Å². The minimum Gasteiger partial charge on any atom is -0.322 e. The van der Waals surface area contributed by atoms with Crippen molar-refractivity contribution in [3.8, 4) is 0 Å². The first-order valence-corrected chi connectivity index (χ1v) is 10.1. The summed E-state index contributed by atoms with van der Waals surface area (Å²) < 4.78 is 26.8. The van der Waals surface area contributed by atoms with E-state index in [-0.39, 0.29) is 20.9 Å². The molecule has 134 valence electrons. The molecule has 1 amide bonds. The molecule has 1 N–H and O–H groups in total. The minimum absolute atomic E-state index is 0.240. The Morgan fingerprint density at radius 1 is 1.32 bits per heavy atom. The summed E-state index contributed by atoms with van der Waals surface area (Å²) in [5.74, 6) is -0.411. The van der Waals surface area contributed by atoms with E-state index in [9.17, 15) is 13.2 Å².